The van der Waals surface area contributed by atoms with E-state index < -0.39 is 0 Å². The fourth-order valence-electron chi connectivity index (χ4n) is 3.36. The average Bonchev–Trinajstić information content (AvgIpc) is 2.89. The Morgan fingerprint density at radius 1 is 1.38 bits per heavy atom. The van der Waals surface area contributed by atoms with Gasteiger partial charge in [-0.2, -0.15) is 0 Å². The molecule has 1 atom stereocenters. The zero-order chi connectivity index (χ0) is 15.0. The van der Waals surface area contributed by atoms with Crippen molar-refractivity contribution in [2.24, 2.45) is 5.92 Å². The first-order valence-corrected chi connectivity index (χ1v) is 8.01. The second-order valence-electron chi connectivity index (χ2n) is 6.41. The van der Waals surface area contributed by atoms with Crippen molar-refractivity contribution in [1.29, 1.82) is 0 Å². The van der Waals surface area contributed by atoms with Crippen LogP contribution in [-0.2, 0) is 12.8 Å². The number of aromatic nitrogens is 1. The summed E-state index contributed by atoms with van der Waals surface area (Å²) < 4.78 is 0. The van der Waals surface area contributed by atoms with Crippen molar-refractivity contribution in [2.45, 2.75) is 46.1 Å². The molecule has 3 rings (SSSR count). The molecule has 1 unspecified atom stereocenters. The predicted molar refractivity (Wildman–Crippen MR) is 87.0 cm³/mol. The van der Waals surface area contributed by atoms with Gasteiger partial charge in [-0.05, 0) is 49.1 Å². The van der Waals surface area contributed by atoms with Crippen molar-refractivity contribution in [3.05, 3.63) is 35.0 Å². The highest BCUT2D eigenvalue weighted by molar-refractivity contribution is 6.04. The van der Waals surface area contributed by atoms with E-state index >= 15 is 0 Å². The van der Waals surface area contributed by atoms with Gasteiger partial charge in [0.15, 0.2) is 5.78 Å². The molecule has 0 radical (unpaired) electrons. The van der Waals surface area contributed by atoms with Gasteiger partial charge >= 0.3 is 0 Å². The summed E-state index contributed by atoms with van der Waals surface area (Å²) in [7, 11) is 0. The van der Waals surface area contributed by atoms with Crippen molar-refractivity contribution in [2.75, 3.05) is 6.54 Å². The van der Waals surface area contributed by atoms with Crippen LogP contribution in [0.1, 0.15) is 48.7 Å². The number of nitrogens with one attached hydrogen (secondary N) is 2. The molecule has 1 aromatic carbocycles. The van der Waals surface area contributed by atoms with Crippen LogP contribution in [0.25, 0.3) is 10.9 Å². The third-order valence-corrected chi connectivity index (χ3v) is 4.43. The lowest BCUT2D eigenvalue weighted by molar-refractivity contribution is 0.0938. The lowest BCUT2D eigenvalue weighted by Crippen LogP contribution is -2.36. The van der Waals surface area contributed by atoms with Gasteiger partial charge in [-0.25, -0.2) is 0 Å². The third kappa shape index (κ3) is 2.51. The molecule has 0 amide bonds. The SMILES string of the molecule is CCCNC1Cc2c[nH]c3ccc(C(=O)C(C)C)c(c23)C1. The topological polar surface area (TPSA) is 44.9 Å². The van der Waals surface area contributed by atoms with Crippen molar-refractivity contribution in [1.82, 2.24) is 10.3 Å². The lowest BCUT2D eigenvalue weighted by atomic mass is 9.84. The number of aromatic amines is 1. The maximum Gasteiger partial charge on any atom is 0.165 e. The second kappa shape index (κ2) is 5.64. The first kappa shape index (κ1) is 14.3. The van der Waals surface area contributed by atoms with Crippen LogP contribution in [0.2, 0.25) is 0 Å². The molecule has 0 spiro atoms. The Hall–Kier alpha value is -1.61. The molecule has 2 N–H and O–H groups in total. The molecule has 3 nitrogen and oxygen atoms in total. The van der Waals surface area contributed by atoms with Crippen LogP contribution in [0.5, 0.6) is 0 Å². The average molecular weight is 284 g/mol. The fraction of sp³-hybridized carbons (Fsp3) is 0.500. The van der Waals surface area contributed by atoms with E-state index in [0.29, 0.717) is 6.04 Å². The van der Waals surface area contributed by atoms with Gasteiger partial charge in [-0.1, -0.05) is 20.8 Å². The summed E-state index contributed by atoms with van der Waals surface area (Å²) >= 11 is 0. The van der Waals surface area contributed by atoms with Crippen LogP contribution in [0.4, 0.5) is 0 Å². The van der Waals surface area contributed by atoms with Gasteiger partial charge in [0.2, 0.25) is 0 Å². The van der Waals surface area contributed by atoms with Crippen molar-refractivity contribution in [3.8, 4) is 0 Å². The summed E-state index contributed by atoms with van der Waals surface area (Å²) in [6.45, 7) is 7.18. The Bertz CT molecular complexity index is 669. The highest BCUT2D eigenvalue weighted by Crippen LogP contribution is 2.33. The molecular weight excluding hydrogens is 260 g/mol. The number of Topliss-reactive ketones (excluding diaryl/α,β-unsaturated/α-hetero) is 1. The molecule has 0 bridgehead atoms. The number of H-pyrrole nitrogens is 1. The molecule has 21 heavy (non-hydrogen) atoms. The molecule has 0 aliphatic heterocycles. The molecule has 112 valence electrons. The minimum absolute atomic E-state index is 0.0464. The Morgan fingerprint density at radius 3 is 2.90 bits per heavy atom. The summed E-state index contributed by atoms with van der Waals surface area (Å²) in [6.07, 6.45) is 5.25. The Kier molecular flexibility index (Phi) is 3.85. The van der Waals surface area contributed by atoms with E-state index in [0.717, 1.165) is 36.9 Å². The van der Waals surface area contributed by atoms with Crippen LogP contribution in [0.3, 0.4) is 0 Å². The van der Waals surface area contributed by atoms with E-state index in [9.17, 15) is 4.79 Å². The van der Waals surface area contributed by atoms with Gasteiger partial charge in [-0.15, -0.1) is 0 Å². The molecular formula is C18H24N2O. The zero-order valence-corrected chi connectivity index (χ0v) is 13.1. The Labute approximate surface area is 126 Å². The minimum Gasteiger partial charge on any atom is -0.361 e. The first-order valence-electron chi connectivity index (χ1n) is 8.01. The number of carbonyl (C=O) groups is 1. The maximum atomic E-state index is 12.5. The zero-order valence-electron chi connectivity index (χ0n) is 13.1. The highest BCUT2D eigenvalue weighted by Gasteiger charge is 2.26. The van der Waals surface area contributed by atoms with E-state index in [1.165, 1.54) is 16.5 Å². The highest BCUT2D eigenvalue weighted by atomic mass is 16.1. The van der Waals surface area contributed by atoms with E-state index in [1.807, 2.05) is 19.9 Å². The Morgan fingerprint density at radius 2 is 2.19 bits per heavy atom. The molecule has 0 fully saturated rings. The normalized spacial score (nSPS) is 17.6. The number of hydrogen-bond acceptors (Lipinski definition) is 2. The van der Waals surface area contributed by atoms with Crippen LogP contribution >= 0.6 is 0 Å². The van der Waals surface area contributed by atoms with Gasteiger partial charge < -0.3 is 10.3 Å². The van der Waals surface area contributed by atoms with E-state index in [1.54, 1.807) is 0 Å². The molecule has 1 aliphatic carbocycles. The van der Waals surface area contributed by atoms with Crippen molar-refractivity contribution >= 4 is 16.7 Å². The molecule has 0 saturated carbocycles. The standard InChI is InChI=1S/C18H24N2O/c1-4-7-19-13-8-12-10-20-16-6-5-14(18(21)11(2)3)15(9-13)17(12)16/h5-6,10-11,13,19-20H,4,7-9H2,1-3H3. The van der Waals surface area contributed by atoms with Crippen LogP contribution in [-0.4, -0.2) is 23.4 Å². The fourth-order valence-corrected chi connectivity index (χ4v) is 3.36. The van der Waals surface area contributed by atoms with E-state index in [4.69, 9.17) is 0 Å². The summed E-state index contributed by atoms with van der Waals surface area (Å²) in [6, 6.07) is 4.50. The third-order valence-electron chi connectivity index (χ3n) is 4.43. The van der Waals surface area contributed by atoms with Gasteiger partial charge in [-0.3, -0.25) is 4.79 Å². The van der Waals surface area contributed by atoms with Gasteiger partial charge in [0.25, 0.3) is 0 Å². The summed E-state index contributed by atoms with van der Waals surface area (Å²) in [5.41, 5.74) is 4.66. The summed E-state index contributed by atoms with van der Waals surface area (Å²) in [5.74, 6) is 0.306. The van der Waals surface area contributed by atoms with Crippen molar-refractivity contribution < 1.29 is 4.79 Å². The number of hydrogen-bond donors (Lipinski definition) is 2. The number of benzene rings is 1. The molecule has 1 aromatic heterocycles. The number of carbonyl (C=O) groups excluding carboxylic acids is 1. The lowest BCUT2D eigenvalue weighted by Gasteiger charge is -2.25. The quantitative estimate of drug-likeness (QED) is 0.826. The van der Waals surface area contributed by atoms with E-state index in [2.05, 4.69) is 29.5 Å². The van der Waals surface area contributed by atoms with Crippen LogP contribution in [0.15, 0.2) is 18.3 Å². The van der Waals surface area contributed by atoms with Gasteiger partial charge in [0.05, 0.1) is 0 Å². The second-order valence-corrected chi connectivity index (χ2v) is 6.41. The Balaban J connectivity index is 2.05. The van der Waals surface area contributed by atoms with Gasteiger partial charge in [0.1, 0.15) is 0 Å². The minimum atomic E-state index is 0.0464. The molecule has 1 heterocycles. The molecule has 2 aromatic rings. The van der Waals surface area contributed by atoms with Crippen LogP contribution < -0.4 is 5.32 Å². The van der Waals surface area contributed by atoms with Crippen LogP contribution in [0, 0.1) is 5.92 Å². The number of rotatable bonds is 5. The van der Waals surface area contributed by atoms with Crippen molar-refractivity contribution in [3.63, 3.8) is 0 Å². The summed E-state index contributed by atoms with van der Waals surface area (Å²) in [4.78, 5) is 15.9. The molecule has 1 aliphatic rings. The maximum absolute atomic E-state index is 12.5. The first-order chi connectivity index (χ1) is 10.1. The largest absolute Gasteiger partial charge is 0.361 e. The number of ketones is 1. The van der Waals surface area contributed by atoms with Gasteiger partial charge in [0, 0.05) is 34.6 Å². The monoisotopic (exact) mass is 284 g/mol. The van der Waals surface area contributed by atoms with E-state index in [-0.39, 0.29) is 11.7 Å². The molecule has 0 saturated heterocycles. The molecule has 3 heteroatoms. The predicted octanol–water partition coefficient (Wildman–Crippen LogP) is 3.47. The summed E-state index contributed by atoms with van der Waals surface area (Å²) in [5, 5.41) is 4.90. The smallest absolute Gasteiger partial charge is 0.165 e.